The molecule has 0 unspecified atom stereocenters. The van der Waals surface area contributed by atoms with Crippen LogP contribution in [-0.2, 0) is 4.74 Å². The second-order valence-electron chi connectivity index (χ2n) is 2.56. The SMILES string of the molecule is CC(C)(C)OC(=O)[I-]N. The second kappa shape index (κ2) is 3.36. The van der Waals surface area contributed by atoms with Crippen molar-refractivity contribution in [3.8, 4) is 0 Å². The number of halogens is 1. The van der Waals surface area contributed by atoms with Gasteiger partial charge in [-0.2, -0.15) is 0 Å². The van der Waals surface area contributed by atoms with Crippen molar-refractivity contribution in [3.63, 3.8) is 0 Å². The van der Waals surface area contributed by atoms with Gasteiger partial charge in [0.05, 0.1) is 0 Å². The first-order valence-electron chi connectivity index (χ1n) is 2.52. The van der Waals surface area contributed by atoms with Gasteiger partial charge in [0.15, 0.2) is 0 Å². The van der Waals surface area contributed by atoms with Gasteiger partial charge in [-0.05, 0) is 0 Å². The van der Waals surface area contributed by atoms with Crippen LogP contribution in [0.25, 0.3) is 0 Å². The number of carbonyl (C=O) groups excluding carboxylic acids is 1. The second-order valence-corrected chi connectivity index (χ2v) is 4.06. The van der Waals surface area contributed by atoms with Crippen LogP contribution in [0.1, 0.15) is 20.8 Å². The van der Waals surface area contributed by atoms with Crippen LogP contribution >= 0.6 is 0 Å². The normalized spacial score (nSPS) is 11.6. The van der Waals surface area contributed by atoms with Crippen LogP contribution in [0.5, 0.6) is 0 Å². The van der Waals surface area contributed by atoms with Crippen molar-refractivity contribution < 1.29 is 31.0 Å². The third kappa shape index (κ3) is 6.04. The summed E-state index contributed by atoms with van der Waals surface area (Å²) in [6.45, 7) is 5.47. The molecule has 0 aliphatic carbocycles. The minimum atomic E-state index is -0.882. The summed E-state index contributed by atoms with van der Waals surface area (Å²) >= 11 is -0.882. The van der Waals surface area contributed by atoms with E-state index in [4.69, 9.17) is 8.68 Å². The number of nitrogens with two attached hydrogens (primary N) is 1. The summed E-state index contributed by atoms with van der Waals surface area (Å²) in [5, 5.41) is 0. The molecule has 56 valence electrons. The van der Waals surface area contributed by atoms with Crippen LogP contribution in [0, 0.1) is 0 Å². The molecule has 0 aromatic rings. The summed E-state index contributed by atoms with van der Waals surface area (Å²) in [4.78, 5) is 10.5. The fourth-order valence-corrected chi connectivity index (χ4v) is 1.05. The van der Waals surface area contributed by atoms with E-state index in [2.05, 4.69) is 0 Å². The number of hydrogen-bond donors (Lipinski definition) is 1. The molecule has 0 rings (SSSR count). The van der Waals surface area contributed by atoms with Gasteiger partial charge in [0, 0.05) is 0 Å². The van der Waals surface area contributed by atoms with E-state index in [1.165, 1.54) is 0 Å². The molecule has 0 saturated heterocycles. The molecule has 0 atom stereocenters. The van der Waals surface area contributed by atoms with E-state index < -0.39 is 21.5 Å². The molecule has 0 bridgehead atoms. The minimum absolute atomic E-state index is 0.249. The van der Waals surface area contributed by atoms with Crippen molar-refractivity contribution in [2.75, 3.05) is 0 Å². The molecule has 0 aromatic carbocycles. The van der Waals surface area contributed by atoms with Crippen molar-refractivity contribution in [2.45, 2.75) is 26.4 Å². The van der Waals surface area contributed by atoms with Crippen LogP contribution in [0.3, 0.4) is 0 Å². The van der Waals surface area contributed by atoms with Gasteiger partial charge in [0.25, 0.3) is 0 Å². The van der Waals surface area contributed by atoms with E-state index in [1.54, 1.807) is 0 Å². The van der Waals surface area contributed by atoms with Crippen LogP contribution in [-0.4, -0.2) is 9.58 Å². The van der Waals surface area contributed by atoms with Crippen molar-refractivity contribution in [3.05, 3.63) is 0 Å². The summed E-state index contributed by atoms with van der Waals surface area (Å²) in [5.41, 5.74) is -0.379. The van der Waals surface area contributed by atoms with Gasteiger partial charge < -0.3 is 0 Å². The fraction of sp³-hybridized carbons (Fsp3) is 0.800. The first-order valence-corrected chi connectivity index (χ1v) is 4.84. The van der Waals surface area contributed by atoms with E-state index in [9.17, 15) is 4.79 Å². The molecule has 9 heavy (non-hydrogen) atoms. The number of carbonyl (C=O) groups is 1. The number of ether oxygens (including phenoxy) is 1. The van der Waals surface area contributed by atoms with Crippen LogP contribution < -0.4 is 25.4 Å². The molecular weight excluding hydrogens is 233 g/mol. The molecular formula is C5H11INO2-. The van der Waals surface area contributed by atoms with E-state index in [1.807, 2.05) is 20.8 Å². The Balaban J connectivity index is 3.60. The molecule has 0 aliphatic heterocycles. The van der Waals surface area contributed by atoms with E-state index >= 15 is 0 Å². The predicted molar refractivity (Wildman–Crippen MR) is 30.4 cm³/mol. The van der Waals surface area contributed by atoms with Crippen molar-refractivity contribution in [2.24, 2.45) is 3.95 Å². The molecule has 2 N–H and O–H groups in total. The van der Waals surface area contributed by atoms with Crippen LogP contribution in [0.2, 0.25) is 0 Å². The number of hydrogen-bond acceptors (Lipinski definition) is 3. The van der Waals surface area contributed by atoms with Gasteiger partial charge in [0.1, 0.15) is 0 Å². The molecule has 0 aliphatic rings. The Hall–Kier alpha value is 0.160. The summed E-state index contributed by atoms with van der Waals surface area (Å²) in [7, 11) is 0. The van der Waals surface area contributed by atoms with Crippen molar-refractivity contribution in [1.82, 2.24) is 0 Å². The van der Waals surface area contributed by atoms with Gasteiger partial charge in [-0.1, -0.05) is 0 Å². The first kappa shape index (κ1) is 9.16. The molecule has 0 radical (unpaired) electrons. The maximum absolute atomic E-state index is 10.5. The maximum atomic E-state index is 10.5. The van der Waals surface area contributed by atoms with Gasteiger partial charge >= 0.3 is 65.3 Å². The zero-order valence-corrected chi connectivity index (χ0v) is 7.93. The van der Waals surface area contributed by atoms with E-state index in [0.29, 0.717) is 0 Å². The molecule has 0 amide bonds. The Kier molecular flexibility index (Phi) is 3.42. The molecule has 0 spiro atoms. The Morgan fingerprint density at radius 2 is 2.00 bits per heavy atom. The van der Waals surface area contributed by atoms with Crippen LogP contribution in [0.4, 0.5) is 4.79 Å². The Bertz CT molecular complexity index is 108. The molecule has 0 saturated carbocycles. The third-order valence-corrected chi connectivity index (χ3v) is 1.20. The zero-order chi connectivity index (χ0) is 7.49. The average molecular weight is 244 g/mol. The molecule has 3 nitrogen and oxygen atoms in total. The van der Waals surface area contributed by atoms with E-state index in [0.717, 1.165) is 0 Å². The third-order valence-electron chi connectivity index (χ3n) is 0.476. The monoisotopic (exact) mass is 244 g/mol. The summed E-state index contributed by atoms with van der Waals surface area (Å²) in [5.74, 6) is 0. The van der Waals surface area contributed by atoms with Gasteiger partial charge in [-0.25, -0.2) is 0 Å². The molecule has 0 aromatic heterocycles. The van der Waals surface area contributed by atoms with E-state index in [-0.39, 0.29) is 9.58 Å². The zero-order valence-electron chi connectivity index (χ0n) is 5.77. The Morgan fingerprint density at radius 3 is 2.11 bits per heavy atom. The molecule has 0 heterocycles. The Labute approximate surface area is 65.6 Å². The van der Waals surface area contributed by atoms with Gasteiger partial charge in [0.2, 0.25) is 0 Å². The molecule has 4 heteroatoms. The average Bonchev–Trinajstić information content (AvgIpc) is 1.62. The van der Waals surface area contributed by atoms with Crippen LogP contribution in [0.15, 0.2) is 0 Å². The standard InChI is InChI=1S/C5H11INO2/c1-5(2,3)9-4(8)6-7/h7H2,1-3H3/q-1. The summed E-state index contributed by atoms with van der Waals surface area (Å²) in [6.07, 6.45) is 0. The quantitative estimate of drug-likeness (QED) is 0.326. The first-order chi connectivity index (χ1) is 3.95. The van der Waals surface area contributed by atoms with Gasteiger partial charge in [-0.15, -0.1) is 0 Å². The topological polar surface area (TPSA) is 52.3 Å². The molecule has 0 fully saturated rings. The van der Waals surface area contributed by atoms with Crippen molar-refractivity contribution in [1.29, 1.82) is 0 Å². The van der Waals surface area contributed by atoms with Gasteiger partial charge in [-0.3, -0.25) is 0 Å². The summed E-state index contributed by atoms with van der Waals surface area (Å²) < 4.78 is 9.74. The predicted octanol–water partition coefficient (Wildman–Crippen LogP) is -2.12. The fourth-order valence-electron chi connectivity index (χ4n) is 0.263. The van der Waals surface area contributed by atoms with Crippen molar-refractivity contribution >= 4 is 3.98 Å². The number of rotatable bonds is 1. The summed E-state index contributed by atoms with van der Waals surface area (Å²) in [6, 6.07) is 0. The Morgan fingerprint density at radius 1 is 1.56 bits per heavy atom.